The molecule has 0 aromatic rings. The Balaban J connectivity index is 0.000000308. The van der Waals surface area contributed by atoms with Crippen LogP contribution in [0.4, 0.5) is 0 Å². The van der Waals surface area contributed by atoms with E-state index in [0.717, 1.165) is 55.5 Å². The zero-order valence-electron chi connectivity index (χ0n) is 32.6. The maximum atomic E-state index is 5.53. The summed E-state index contributed by atoms with van der Waals surface area (Å²) >= 11 is 0. The highest BCUT2D eigenvalue weighted by molar-refractivity contribution is 4.82. The average Bonchev–Trinajstić information content (AvgIpc) is 2.97. The molecule has 4 rings (SSSR count). The monoisotopic (exact) mass is 654 g/mol. The Morgan fingerprint density at radius 2 is 1.07 bits per heavy atom. The fourth-order valence-electron chi connectivity index (χ4n) is 5.63. The van der Waals surface area contributed by atoms with Crippen LogP contribution in [0.25, 0.3) is 0 Å². The topological polar surface area (TPSA) is 67.1 Å². The second-order valence-corrected chi connectivity index (χ2v) is 16.1. The molecule has 4 heterocycles. The first-order valence-electron chi connectivity index (χ1n) is 19.5. The summed E-state index contributed by atoms with van der Waals surface area (Å²) in [4.78, 5) is 7.58. The van der Waals surface area contributed by atoms with E-state index in [1.807, 2.05) is 0 Å². The van der Waals surface area contributed by atoms with Crippen molar-refractivity contribution in [1.29, 1.82) is 0 Å². The first kappa shape index (κ1) is 43.7. The number of piperazine rings is 1. The van der Waals surface area contributed by atoms with Crippen molar-refractivity contribution in [3.05, 3.63) is 0 Å². The van der Waals surface area contributed by atoms with Gasteiger partial charge in [0.15, 0.2) is 0 Å². The molecule has 0 radical (unpaired) electrons. The SMILES string of the molecule is CC(C)CCCN1CCNCC1.CC(C)CCN(C)C1CCNCC1.CC(C)CCN(C)C1CNC1.CC(C)CCOC1CNC1. The highest BCUT2D eigenvalue weighted by Gasteiger charge is 2.21. The second kappa shape index (κ2) is 27.5. The van der Waals surface area contributed by atoms with Crippen LogP contribution in [0.15, 0.2) is 0 Å². The van der Waals surface area contributed by atoms with Crippen molar-refractivity contribution in [2.75, 3.05) is 106 Å². The molecule has 0 aromatic carbocycles. The standard InChI is InChI=1S/C11H24N2.C10H22N2.C9H20N2.C8H17NO/c1-10(2)6-9-13(3)11-4-7-12-8-5-11;1-10(2)4-3-7-12-8-5-11-6-9-12;1-8(2)4-5-11(3)9-6-10-7-9;1-7(2)3-4-10-8-5-9-6-8/h10-12H,4-9H2,1-3H3;10-11H,3-9H2,1-2H3;8-10H,4-7H2,1-3H3;7-9H,3-6H2,1-2H3. The van der Waals surface area contributed by atoms with Gasteiger partial charge in [-0.1, -0.05) is 55.4 Å². The Bertz CT molecular complexity index is 657. The van der Waals surface area contributed by atoms with Crippen LogP contribution < -0.4 is 21.3 Å². The number of nitrogens with zero attached hydrogens (tertiary/aromatic N) is 3. The zero-order chi connectivity index (χ0) is 34.2. The van der Waals surface area contributed by atoms with E-state index in [1.54, 1.807) is 0 Å². The fraction of sp³-hybridized carbons (Fsp3) is 1.00. The molecule has 276 valence electrons. The van der Waals surface area contributed by atoms with Gasteiger partial charge in [0.25, 0.3) is 0 Å². The van der Waals surface area contributed by atoms with E-state index in [1.165, 1.54) is 117 Å². The number of piperidine rings is 1. The predicted octanol–water partition coefficient (Wildman–Crippen LogP) is 5.00. The summed E-state index contributed by atoms with van der Waals surface area (Å²) in [6, 6.07) is 1.65. The molecule has 8 heteroatoms. The van der Waals surface area contributed by atoms with Crippen LogP contribution in [0.5, 0.6) is 0 Å². The highest BCUT2D eigenvalue weighted by atomic mass is 16.5. The molecule has 4 fully saturated rings. The van der Waals surface area contributed by atoms with Gasteiger partial charge in [0.1, 0.15) is 0 Å². The minimum atomic E-state index is 0.513. The molecule has 0 bridgehead atoms. The normalized spacial score (nSPS) is 19.8. The van der Waals surface area contributed by atoms with E-state index in [0.29, 0.717) is 6.10 Å². The zero-order valence-corrected chi connectivity index (χ0v) is 32.6. The summed E-state index contributed by atoms with van der Waals surface area (Å²) < 4.78 is 5.53. The molecule has 0 atom stereocenters. The molecule has 0 aromatic heterocycles. The number of likely N-dealkylation sites (N-methyl/N-ethyl adjacent to an activating group) is 1. The van der Waals surface area contributed by atoms with Gasteiger partial charge in [-0.2, -0.15) is 0 Å². The lowest BCUT2D eigenvalue weighted by Crippen LogP contribution is -2.56. The van der Waals surface area contributed by atoms with Gasteiger partial charge in [-0.15, -0.1) is 0 Å². The Labute approximate surface area is 288 Å². The Morgan fingerprint density at radius 3 is 1.50 bits per heavy atom. The number of ether oxygens (including phenoxy) is 1. The van der Waals surface area contributed by atoms with Crippen LogP contribution in [0.1, 0.15) is 100 Å². The van der Waals surface area contributed by atoms with Crippen LogP contribution in [0, 0.1) is 23.7 Å². The summed E-state index contributed by atoms with van der Waals surface area (Å²) in [6.45, 7) is 34.7. The quantitative estimate of drug-likeness (QED) is 0.186. The molecule has 0 saturated carbocycles. The molecule has 4 aliphatic heterocycles. The van der Waals surface area contributed by atoms with Gasteiger partial charge in [0.05, 0.1) is 6.10 Å². The maximum absolute atomic E-state index is 5.53. The molecule has 4 saturated heterocycles. The fourth-order valence-corrected chi connectivity index (χ4v) is 5.63. The summed E-state index contributed by atoms with van der Waals surface area (Å²) in [5.41, 5.74) is 0. The van der Waals surface area contributed by atoms with Crippen molar-refractivity contribution >= 4 is 0 Å². The Kier molecular flexibility index (Phi) is 26.1. The van der Waals surface area contributed by atoms with Crippen LogP contribution in [-0.4, -0.2) is 139 Å². The lowest BCUT2D eigenvalue weighted by atomic mass is 10.0. The second-order valence-electron chi connectivity index (χ2n) is 16.1. The molecule has 0 unspecified atom stereocenters. The van der Waals surface area contributed by atoms with Gasteiger partial charge in [-0.05, 0) is 115 Å². The van der Waals surface area contributed by atoms with Crippen LogP contribution in [0.3, 0.4) is 0 Å². The molecule has 4 aliphatic rings. The van der Waals surface area contributed by atoms with Crippen molar-refractivity contribution in [2.24, 2.45) is 23.7 Å². The Hall–Kier alpha value is -0.320. The maximum Gasteiger partial charge on any atom is 0.0823 e. The van der Waals surface area contributed by atoms with E-state index >= 15 is 0 Å². The van der Waals surface area contributed by atoms with Crippen molar-refractivity contribution in [2.45, 2.75) is 119 Å². The van der Waals surface area contributed by atoms with Crippen molar-refractivity contribution in [3.63, 3.8) is 0 Å². The average molecular weight is 654 g/mol. The summed E-state index contributed by atoms with van der Waals surface area (Å²) in [7, 11) is 4.51. The van der Waals surface area contributed by atoms with Crippen LogP contribution in [-0.2, 0) is 4.74 Å². The molecule has 0 amide bonds. The Morgan fingerprint density at radius 1 is 0.587 bits per heavy atom. The molecule has 46 heavy (non-hydrogen) atoms. The third-order valence-corrected chi connectivity index (χ3v) is 9.69. The molecular formula is C38H83N7O. The van der Waals surface area contributed by atoms with Crippen molar-refractivity contribution in [3.8, 4) is 0 Å². The first-order valence-corrected chi connectivity index (χ1v) is 19.5. The lowest BCUT2D eigenvalue weighted by Gasteiger charge is -2.35. The molecular weight excluding hydrogens is 570 g/mol. The number of hydrogen-bond donors (Lipinski definition) is 4. The van der Waals surface area contributed by atoms with Gasteiger partial charge in [0, 0.05) is 71.0 Å². The van der Waals surface area contributed by atoms with E-state index in [9.17, 15) is 0 Å². The number of nitrogens with one attached hydrogen (secondary N) is 4. The van der Waals surface area contributed by atoms with Gasteiger partial charge in [-0.25, -0.2) is 0 Å². The van der Waals surface area contributed by atoms with Crippen LogP contribution in [0.2, 0.25) is 0 Å². The van der Waals surface area contributed by atoms with Gasteiger partial charge in [-0.3, -0.25) is 0 Å². The minimum Gasteiger partial charge on any atom is -0.376 e. The predicted molar refractivity (Wildman–Crippen MR) is 202 cm³/mol. The highest BCUT2D eigenvalue weighted by Crippen LogP contribution is 2.12. The smallest absolute Gasteiger partial charge is 0.0823 e. The molecule has 0 aliphatic carbocycles. The third-order valence-electron chi connectivity index (χ3n) is 9.69. The van der Waals surface area contributed by atoms with E-state index in [4.69, 9.17) is 4.74 Å². The van der Waals surface area contributed by atoms with Gasteiger partial charge >= 0.3 is 0 Å². The summed E-state index contributed by atoms with van der Waals surface area (Å²) in [5.74, 6) is 3.32. The molecule has 8 nitrogen and oxygen atoms in total. The van der Waals surface area contributed by atoms with Crippen LogP contribution >= 0.6 is 0 Å². The van der Waals surface area contributed by atoms with Gasteiger partial charge < -0.3 is 40.7 Å². The third kappa shape index (κ3) is 23.9. The molecule has 0 spiro atoms. The van der Waals surface area contributed by atoms with E-state index in [2.05, 4.69) is 105 Å². The van der Waals surface area contributed by atoms with E-state index < -0.39 is 0 Å². The largest absolute Gasteiger partial charge is 0.376 e. The molecule has 4 N–H and O–H groups in total. The van der Waals surface area contributed by atoms with Gasteiger partial charge in [0.2, 0.25) is 0 Å². The summed E-state index contributed by atoms with van der Waals surface area (Å²) in [6.07, 6.45) is 9.77. The van der Waals surface area contributed by atoms with E-state index in [-0.39, 0.29) is 0 Å². The van der Waals surface area contributed by atoms with Crippen molar-refractivity contribution in [1.82, 2.24) is 36.0 Å². The lowest BCUT2D eigenvalue weighted by molar-refractivity contribution is 0.0138. The first-order chi connectivity index (χ1) is 22.0. The number of rotatable bonds is 16. The van der Waals surface area contributed by atoms with Crippen molar-refractivity contribution < 1.29 is 4.74 Å². The summed E-state index contributed by atoms with van der Waals surface area (Å²) in [5, 5.41) is 13.2. The number of hydrogen-bond acceptors (Lipinski definition) is 8. The minimum absolute atomic E-state index is 0.513.